The second-order valence-electron chi connectivity index (χ2n) is 2.55. The molecule has 84 valence electrons. The van der Waals surface area contributed by atoms with Crippen LogP contribution in [0.2, 0.25) is 0 Å². The molecule has 0 heterocycles. The van der Waals surface area contributed by atoms with Crippen LogP contribution in [0.4, 0.5) is 17.1 Å². The Morgan fingerprint density at radius 1 is 0.824 bits per heavy atom. The van der Waals surface area contributed by atoms with E-state index in [1.54, 1.807) is 0 Å². The Bertz CT molecular complexity index is 503. The number of benzene rings is 1. The van der Waals surface area contributed by atoms with Gasteiger partial charge in [-0.15, -0.1) is 0 Å². The normalized spacial score (nSPS) is 9.18. The summed E-state index contributed by atoms with van der Waals surface area (Å²) in [4.78, 5) is 27.5. The Morgan fingerprint density at radius 3 is 1.65 bits per heavy atom. The van der Waals surface area contributed by atoms with Gasteiger partial charge in [0.25, 0.3) is 0 Å². The molecule has 0 amide bonds. The largest absolute Gasteiger partial charge is 1.00 e. The summed E-state index contributed by atoms with van der Waals surface area (Å²) in [5, 5.41) is 42.2. The molecule has 0 spiro atoms. The Hall–Kier alpha value is -1.14. The first kappa shape index (κ1) is 15.9. The minimum absolute atomic E-state index is 0. The molecule has 11 heteroatoms. The molecule has 0 aliphatic rings. The van der Waals surface area contributed by atoms with E-state index in [0.717, 1.165) is 0 Å². The molecule has 0 aliphatic carbocycles. The third-order valence-corrected chi connectivity index (χ3v) is 1.65. The fourth-order valence-corrected chi connectivity index (χ4v) is 1.05. The smallest absolute Gasteiger partial charge is 0.868 e. The maximum absolute atomic E-state index is 11.0. The SMILES string of the molecule is O=[N+]([O-])c1ccc([O-])c([N+](=O)[O-])c1[N+](=O)[O-].[K+]. The van der Waals surface area contributed by atoms with Gasteiger partial charge in [-0.3, -0.25) is 30.3 Å². The Labute approximate surface area is 135 Å². The maximum atomic E-state index is 11.0. The molecule has 1 aromatic rings. The van der Waals surface area contributed by atoms with Crippen molar-refractivity contribution in [1.29, 1.82) is 0 Å². The Kier molecular flexibility index (Phi) is 5.57. The van der Waals surface area contributed by atoms with Gasteiger partial charge in [-0.1, -0.05) is 6.07 Å². The summed E-state index contributed by atoms with van der Waals surface area (Å²) >= 11 is 0. The van der Waals surface area contributed by atoms with Crippen LogP contribution in [0, 0.1) is 30.3 Å². The molecule has 0 N–H and O–H groups in total. The summed E-state index contributed by atoms with van der Waals surface area (Å²) in [6.45, 7) is 0. The Morgan fingerprint density at radius 2 is 1.29 bits per heavy atom. The first-order valence-corrected chi connectivity index (χ1v) is 3.63. The van der Waals surface area contributed by atoms with E-state index in [-0.39, 0.29) is 51.4 Å². The van der Waals surface area contributed by atoms with Gasteiger partial charge < -0.3 is 5.11 Å². The number of nitro groups is 3. The third-order valence-electron chi connectivity index (χ3n) is 1.65. The predicted octanol–water partition coefficient (Wildman–Crippen LogP) is -2.51. The molecule has 10 nitrogen and oxygen atoms in total. The van der Waals surface area contributed by atoms with Crippen molar-refractivity contribution in [1.82, 2.24) is 0 Å². The number of hydrogen-bond donors (Lipinski definition) is 0. The van der Waals surface area contributed by atoms with Crippen molar-refractivity contribution in [3.8, 4) is 5.75 Å². The summed E-state index contributed by atoms with van der Waals surface area (Å²) in [5.74, 6) is -1.25. The molecule has 0 saturated carbocycles. The van der Waals surface area contributed by atoms with Crippen molar-refractivity contribution < 1.29 is 71.3 Å². The maximum Gasteiger partial charge on any atom is 1.00 e. The van der Waals surface area contributed by atoms with Gasteiger partial charge in [0, 0.05) is 6.07 Å². The quantitative estimate of drug-likeness (QED) is 0.333. The minimum Gasteiger partial charge on any atom is -0.868 e. The average Bonchev–Trinajstić information content (AvgIpc) is 2.15. The summed E-state index contributed by atoms with van der Waals surface area (Å²) < 4.78 is 0. The van der Waals surface area contributed by atoms with E-state index in [0.29, 0.717) is 12.1 Å². The molecule has 0 atom stereocenters. The molecule has 1 aromatic carbocycles. The van der Waals surface area contributed by atoms with E-state index in [4.69, 9.17) is 0 Å². The van der Waals surface area contributed by atoms with E-state index in [1.165, 1.54) is 0 Å². The molecule has 0 aromatic heterocycles. The monoisotopic (exact) mass is 267 g/mol. The second-order valence-corrected chi connectivity index (χ2v) is 2.55. The van der Waals surface area contributed by atoms with Crippen LogP contribution in [-0.2, 0) is 0 Å². The van der Waals surface area contributed by atoms with Gasteiger partial charge in [0.15, 0.2) is 0 Å². The zero-order valence-corrected chi connectivity index (χ0v) is 11.5. The van der Waals surface area contributed by atoms with Gasteiger partial charge in [-0.05, 0) is 5.75 Å². The first-order valence-electron chi connectivity index (χ1n) is 3.63. The zero-order valence-electron chi connectivity index (χ0n) is 8.35. The molecular weight excluding hydrogens is 265 g/mol. The van der Waals surface area contributed by atoms with E-state index >= 15 is 0 Å². The molecule has 0 fully saturated rings. The summed E-state index contributed by atoms with van der Waals surface area (Å²) in [6.07, 6.45) is 0. The van der Waals surface area contributed by atoms with Gasteiger partial charge in [-0.25, -0.2) is 0 Å². The van der Waals surface area contributed by atoms with Gasteiger partial charge in [0.2, 0.25) is 0 Å². The zero-order chi connectivity index (χ0) is 12.5. The Balaban J connectivity index is 0.00000256. The van der Waals surface area contributed by atoms with Gasteiger partial charge in [0.05, 0.1) is 14.8 Å². The van der Waals surface area contributed by atoms with Crippen LogP contribution in [0.25, 0.3) is 0 Å². The fraction of sp³-hybridized carbons (Fsp3) is 0. The molecule has 0 aliphatic heterocycles. The van der Waals surface area contributed by atoms with E-state index in [1.807, 2.05) is 0 Å². The molecule has 0 radical (unpaired) electrons. The van der Waals surface area contributed by atoms with Crippen molar-refractivity contribution in [2.45, 2.75) is 0 Å². The van der Waals surface area contributed by atoms with Crippen LogP contribution < -0.4 is 56.5 Å². The van der Waals surface area contributed by atoms with Gasteiger partial charge >= 0.3 is 68.4 Å². The number of hydrogen-bond acceptors (Lipinski definition) is 7. The minimum atomic E-state index is -1.40. The van der Waals surface area contributed by atoms with Crippen LogP contribution in [0.1, 0.15) is 0 Å². The molecule has 0 bridgehead atoms. The molecule has 17 heavy (non-hydrogen) atoms. The van der Waals surface area contributed by atoms with Crippen LogP contribution in [-0.4, -0.2) is 14.8 Å². The first-order chi connectivity index (χ1) is 7.36. The summed E-state index contributed by atoms with van der Waals surface area (Å²) in [7, 11) is 0. The van der Waals surface area contributed by atoms with Crippen LogP contribution in [0.15, 0.2) is 12.1 Å². The van der Waals surface area contributed by atoms with E-state index in [9.17, 15) is 35.4 Å². The molecule has 1 rings (SSSR count). The fourth-order valence-electron chi connectivity index (χ4n) is 1.05. The topological polar surface area (TPSA) is 152 Å². The average molecular weight is 267 g/mol. The van der Waals surface area contributed by atoms with Crippen LogP contribution in [0.5, 0.6) is 5.75 Å². The standard InChI is InChI=1S/C6H3N3O7.K/c10-4-2-1-3(7(11)12)5(8(13)14)6(4)9(15)16;/h1-2,10H;/q;+1/p-1. The van der Waals surface area contributed by atoms with Crippen LogP contribution >= 0.6 is 0 Å². The summed E-state index contributed by atoms with van der Waals surface area (Å²) in [6, 6.07) is 1.11. The number of nitrogens with zero attached hydrogens (tertiary/aromatic N) is 3. The third kappa shape index (κ3) is 3.16. The van der Waals surface area contributed by atoms with E-state index in [2.05, 4.69) is 0 Å². The van der Waals surface area contributed by atoms with Crippen molar-refractivity contribution in [2.75, 3.05) is 0 Å². The van der Waals surface area contributed by atoms with E-state index < -0.39 is 37.6 Å². The van der Waals surface area contributed by atoms with Gasteiger partial charge in [0.1, 0.15) is 0 Å². The van der Waals surface area contributed by atoms with Crippen molar-refractivity contribution >= 4 is 17.1 Å². The van der Waals surface area contributed by atoms with Crippen LogP contribution in [0.3, 0.4) is 0 Å². The second kappa shape index (κ2) is 5.97. The molecule has 0 saturated heterocycles. The van der Waals surface area contributed by atoms with Crippen molar-refractivity contribution in [3.63, 3.8) is 0 Å². The molecule has 0 unspecified atom stereocenters. The summed E-state index contributed by atoms with van der Waals surface area (Å²) in [5.41, 5.74) is -3.89. The predicted molar refractivity (Wildman–Crippen MR) is 45.9 cm³/mol. The van der Waals surface area contributed by atoms with Crippen molar-refractivity contribution in [3.05, 3.63) is 42.5 Å². The van der Waals surface area contributed by atoms with Crippen molar-refractivity contribution in [2.24, 2.45) is 0 Å². The number of nitro benzene ring substituents is 3. The number of rotatable bonds is 3. The van der Waals surface area contributed by atoms with Gasteiger partial charge in [-0.2, -0.15) is 0 Å². The molecular formula is C6H2KN3O7.